The predicted octanol–water partition coefficient (Wildman–Crippen LogP) is 7.07. The van der Waals surface area contributed by atoms with Crippen molar-refractivity contribution in [3.05, 3.63) is 11.4 Å². The molecule has 4 heteroatoms. The van der Waals surface area contributed by atoms with Gasteiger partial charge < -0.3 is 9.13 Å². The highest BCUT2D eigenvalue weighted by Gasteiger charge is 2.49. The Hall–Kier alpha value is 0.200. The Labute approximate surface area is 149 Å². The molecule has 0 aromatic carbocycles. The summed E-state index contributed by atoms with van der Waals surface area (Å²) in [7, 11) is -4.65. The molecule has 0 aromatic heterocycles. The summed E-state index contributed by atoms with van der Waals surface area (Å²) in [4.78, 5) is 0. The molecule has 0 aromatic rings. The minimum Gasteiger partial charge on any atom is -0.322 e. The fourth-order valence-electron chi connectivity index (χ4n) is 5.61. The van der Waals surface area contributed by atoms with E-state index in [0.717, 1.165) is 50.3 Å². The normalized spacial score (nSPS) is 28.6. The summed E-state index contributed by atoms with van der Waals surface area (Å²) in [5.41, 5.74) is 0.998. The molecule has 24 heavy (non-hydrogen) atoms. The quantitative estimate of drug-likeness (QED) is 0.496. The van der Waals surface area contributed by atoms with Crippen LogP contribution in [0.15, 0.2) is 11.4 Å². The fourth-order valence-corrected chi connectivity index (χ4v) is 13.5. The van der Waals surface area contributed by atoms with Gasteiger partial charge in [-0.25, -0.2) is 0 Å². The third-order valence-corrected chi connectivity index (χ3v) is 13.5. The molecule has 2 saturated carbocycles. The van der Waals surface area contributed by atoms with Crippen LogP contribution in [0.25, 0.3) is 0 Å². The fraction of sp³-hybridized carbons (Fsp3) is 0.900. The van der Waals surface area contributed by atoms with Crippen LogP contribution in [0.4, 0.5) is 0 Å². The minimum absolute atomic E-state index is 0.151. The second kappa shape index (κ2) is 7.84. The molecule has 0 amide bonds. The second-order valence-electron chi connectivity index (χ2n) is 8.77. The van der Waals surface area contributed by atoms with Gasteiger partial charge >= 0.3 is 0 Å². The van der Waals surface area contributed by atoms with Crippen molar-refractivity contribution >= 4 is 14.3 Å². The maximum atomic E-state index is 14.8. The summed E-state index contributed by atoms with van der Waals surface area (Å²) in [5, 5.41) is 1.12. The maximum absolute atomic E-state index is 14.8. The lowest BCUT2D eigenvalue weighted by Crippen LogP contribution is -2.32. The molecular formula is C20H36O2P2. The van der Waals surface area contributed by atoms with E-state index in [4.69, 9.17) is 0 Å². The van der Waals surface area contributed by atoms with Crippen LogP contribution in [0.1, 0.15) is 83.5 Å². The van der Waals surface area contributed by atoms with Crippen molar-refractivity contribution in [3.8, 4) is 0 Å². The van der Waals surface area contributed by atoms with Gasteiger partial charge in [0.15, 0.2) is 0 Å². The van der Waals surface area contributed by atoms with Gasteiger partial charge in [0.2, 0.25) is 0 Å². The van der Waals surface area contributed by atoms with Gasteiger partial charge in [-0.2, -0.15) is 0 Å². The Kier molecular flexibility index (Phi) is 6.20. The Morgan fingerprint density at radius 3 is 1.71 bits per heavy atom. The highest BCUT2D eigenvalue weighted by molar-refractivity contribution is 7.71. The molecular weight excluding hydrogens is 334 g/mol. The van der Waals surface area contributed by atoms with Gasteiger partial charge in [0.1, 0.15) is 14.3 Å². The van der Waals surface area contributed by atoms with Crippen molar-refractivity contribution in [3.63, 3.8) is 0 Å². The average molecular weight is 370 g/mol. The van der Waals surface area contributed by atoms with E-state index in [1.165, 1.54) is 38.5 Å². The third-order valence-electron chi connectivity index (χ3n) is 6.78. The second-order valence-corrected chi connectivity index (χ2v) is 15.6. The molecule has 0 spiro atoms. The summed E-state index contributed by atoms with van der Waals surface area (Å²) >= 11 is 0. The van der Waals surface area contributed by atoms with E-state index in [1.807, 2.05) is 13.3 Å². The first-order valence-corrected chi connectivity index (χ1v) is 14.8. The summed E-state index contributed by atoms with van der Waals surface area (Å²) < 4.78 is 27.8. The Bertz CT molecular complexity index is 526. The summed E-state index contributed by atoms with van der Waals surface area (Å²) in [5.74, 6) is 0. The Morgan fingerprint density at radius 1 is 0.750 bits per heavy atom. The number of allylic oxidation sites excluding steroid dienone is 2. The first-order valence-electron chi connectivity index (χ1n) is 10.3. The highest BCUT2D eigenvalue weighted by atomic mass is 31.2. The molecule has 0 saturated heterocycles. The van der Waals surface area contributed by atoms with Crippen LogP contribution in [-0.4, -0.2) is 30.3 Å². The van der Waals surface area contributed by atoms with E-state index >= 15 is 0 Å². The molecule has 1 unspecified atom stereocenters. The van der Waals surface area contributed by atoms with Gasteiger partial charge in [-0.1, -0.05) is 44.6 Å². The predicted molar refractivity (Wildman–Crippen MR) is 107 cm³/mol. The summed E-state index contributed by atoms with van der Waals surface area (Å²) in [6.07, 6.45) is 17.7. The first kappa shape index (κ1) is 19.0. The molecule has 0 N–H and O–H groups in total. The SMILES string of the molecule is CP(C)(=O)C1=CCCCC1P(=O)(C1CCCCC1)C1CCCCC1. The minimum atomic E-state index is -2.34. The molecule has 138 valence electrons. The van der Waals surface area contributed by atoms with Gasteiger partial charge in [0.25, 0.3) is 0 Å². The molecule has 0 heterocycles. The first-order chi connectivity index (χ1) is 11.4. The zero-order chi connectivity index (χ0) is 17.2. The number of hydrogen-bond acceptors (Lipinski definition) is 2. The lowest BCUT2D eigenvalue weighted by atomic mass is 9.99. The summed E-state index contributed by atoms with van der Waals surface area (Å²) in [6, 6.07) is 0. The van der Waals surface area contributed by atoms with Crippen LogP contribution in [-0.2, 0) is 9.13 Å². The molecule has 1 atom stereocenters. The molecule has 0 bridgehead atoms. The zero-order valence-electron chi connectivity index (χ0n) is 15.7. The maximum Gasteiger partial charge on any atom is 0.106 e. The Morgan fingerprint density at radius 2 is 1.25 bits per heavy atom. The Balaban J connectivity index is 1.99. The average Bonchev–Trinajstić information content (AvgIpc) is 2.62. The van der Waals surface area contributed by atoms with Crippen molar-refractivity contribution in [1.82, 2.24) is 0 Å². The molecule has 0 radical (unpaired) electrons. The van der Waals surface area contributed by atoms with Crippen LogP contribution in [0.5, 0.6) is 0 Å². The van der Waals surface area contributed by atoms with E-state index in [2.05, 4.69) is 6.08 Å². The lowest BCUT2D eigenvalue weighted by Gasteiger charge is -2.45. The van der Waals surface area contributed by atoms with Crippen LogP contribution < -0.4 is 0 Å². The van der Waals surface area contributed by atoms with Gasteiger partial charge in [0.05, 0.1) is 0 Å². The zero-order valence-corrected chi connectivity index (χ0v) is 17.5. The van der Waals surface area contributed by atoms with Crippen molar-refractivity contribution in [1.29, 1.82) is 0 Å². The van der Waals surface area contributed by atoms with Crippen LogP contribution in [0.3, 0.4) is 0 Å². The highest BCUT2D eigenvalue weighted by Crippen LogP contribution is 2.72. The topological polar surface area (TPSA) is 34.1 Å². The van der Waals surface area contributed by atoms with Crippen LogP contribution in [0.2, 0.25) is 0 Å². The molecule has 3 aliphatic rings. The van der Waals surface area contributed by atoms with Gasteiger partial charge in [-0.15, -0.1) is 0 Å². The van der Waals surface area contributed by atoms with Crippen LogP contribution in [0, 0.1) is 0 Å². The largest absolute Gasteiger partial charge is 0.322 e. The molecule has 3 aliphatic carbocycles. The monoisotopic (exact) mass is 370 g/mol. The number of hydrogen-bond donors (Lipinski definition) is 0. The van der Waals surface area contributed by atoms with Crippen molar-refractivity contribution in [2.75, 3.05) is 13.3 Å². The molecule has 2 nitrogen and oxygen atoms in total. The van der Waals surface area contributed by atoms with E-state index in [0.29, 0.717) is 11.3 Å². The van der Waals surface area contributed by atoms with Gasteiger partial charge in [-0.05, 0) is 63.6 Å². The summed E-state index contributed by atoms with van der Waals surface area (Å²) in [6.45, 7) is 3.81. The van der Waals surface area contributed by atoms with Crippen molar-refractivity contribution in [2.24, 2.45) is 0 Å². The number of rotatable bonds is 4. The van der Waals surface area contributed by atoms with E-state index in [-0.39, 0.29) is 5.66 Å². The van der Waals surface area contributed by atoms with Crippen LogP contribution >= 0.6 is 14.3 Å². The third kappa shape index (κ3) is 3.81. The van der Waals surface area contributed by atoms with E-state index in [1.54, 1.807) is 0 Å². The van der Waals surface area contributed by atoms with Crippen molar-refractivity contribution in [2.45, 2.75) is 100 Å². The van der Waals surface area contributed by atoms with Crippen molar-refractivity contribution < 1.29 is 9.13 Å². The lowest BCUT2D eigenvalue weighted by molar-refractivity contribution is 0.439. The standard InChI is InChI=1S/C20H36O2P2/c1-23(2,21)19-15-9-10-16-20(19)24(22,17-11-5-3-6-12-17)18-13-7-4-8-14-18/h15,17-18,20H,3-14,16H2,1-2H3. The van der Waals surface area contributed by atoms with Gasteiger partial charge in [-0.3, -0.25) is 0 Å². The molecule has 3 rings (SSSR count). The van der Waals surface area contributed by atoms with E-state index in [9.17, 15) is 9.13 Å². The molecule has 0 aliphatic heterocycles. The van der Waals surface area contributed by atoms with Gasteiger partial charge in [0, 0.05) is 17.0 Å². The molecule has 2 fully saturated rings. The smallest absolute Gasteiger partial charge is 0.106 e. The van der Waals surface area contributed by atoms with E-state index < -0.39 is 14.3 Å².